The number of carbonyl (C=O) groups excluding carboxylic acids is 2. The molecule has 0 aliphatic carbocycles. The van der Waals surface area contributed by atoms with Crippen LogP contribution in [0.4, 0.5) is 0 Å². The van der Waals surface area contributed by atoms with E-state index in [1.54, 1.807) is 11.9 Å². The van der Waals surface area contributed by atoms with Crippen molar-refractivity contribution < 1.29 is 19.5 Å². The Bertz CT molecular complexity index is 319. The van der Waals surface area contributed by atoms with Crippen molar-refractivity contribution in [3.05, 3.63) is 0 Å². The summed E-state index contributed by atoms with van der Waals surface area (Å²) in [5.41, 5.74) is 0. The van der Waals surface area contributed by atoms with Crippen LogP contribution in [0.2, 0.25) is 0 Å². The molecule has 0 bridgehead atoms. The largest absolute Gasteiger partial charge is 0.481 e. The van der Waals surface area contributed by atoms with E-state index in [9.17, 15) is 14.4 Å². The molecule has 7 heteroatoms. The Labute approximate surface area is 99.2 Å². The van der Waals surface area contributed by atoms with Crippen LogP contribution in [-0.2, 0) is 14.4 Å². The number of aliphatic carboxylic acids is 1. The van der Waals surface area contributed by atoms with Crippen LogP contribution < -0.4 is 10.6 Å². The van der Waals surface area contributed by atoms with Crippen molar-refractivity contribution in [2.24, 2.45) is 0 Å². The fraction of sp³-hybridized carbons (Fsp3) is 0.700. The molecule has 96 valence electrons. The third-order valence-electron chi connectivity index (χ3n) is 2.71. The van der Waals surface area contributed by atoms with Gasteiger partial charge in [0.1, 0.15) is 0 Å². The van der Waals surface area contributed by atoms with Gasteiger partial charge in [-0.25, -0.2) is 0 Å². The number of nitrogens with zero attached hydrogens (tertiary/aromatic N) is 1. The first-order chi connectivity index (χ1) is 8.04. The predicted octanol–water partition coefficient (Wildman–Crippen LogP) is -1.60. The van der Waals surface area contributed by atoms with Gasteiger partial charge < -0.3 is 15.7 Å². The summed E-state index contributed by atoms with van der Waals surface area (Å²) in [5, 5.41) is 13.9. The number of amides is 2. The van der Waals surface area contributed by atoms with Crippen molar-refractivity contribution >= 4 is 17.8 Å². The van der Waals surface area contributed by atoms with Gasteiger partial charge in [-0.15, -0.1) is 0 Å². The molecule has 1 atom stereocenters. The van der Waals surface area contributed by atoms with Crippen molar-refractivity contribution in [2.45, 2.75) is 18.9 Å². The predicted molar refractivity (Wildman–Crippen MR) is 59.3 cm³/mol. The first-order valence-electron chi connectivity index (χ1n) is 5.48. The van der Waals surface area contributed by atoms with Crippen LogP contribution in [0.25, 0.3) is 0 Å². The number of piperazine rings is 1. The molecular weight excluding hydrogens is 226 g/mol. The fourth-order valence-electron chi connectivity index (χ4n) is 1.79. The van der Waals surface area contributed by atoms with Gasteiger partial charge >= 0.3 is 5.97 Å². The Morgan fingerprint density at radius 2 is 2.29 bits per heavy atom. The quantitative estimate of drug-likeness (QED) is 0.540. The summed E-state index contributed by atoms with van der Waals surface area (Å²) in [6.45, 7) is 1.45. The number of nitrogens with one attached hydrogen (secondary N) is 2. The minimum Gasteiger partial charge on any atom is -0.481 e. The molecule has 3 N–H and O–H groups in total. The Hall–Kier alpha value is -1.63. The van der Waals surface area contributed by atoms with Crippen LogP contribution in [-0.4, -0.2) is 60.5 Å². The molecule has 1 heterocycles. The van der Waals surface area contributed by atoms with Gasteiger partial charge in [0, 0.05) is 33.1 Å². The number of hydrogen-bond acceptors (Lipinski definition) is 4. The van der Waals surface area contributed by atoms with Gasteiger partial charge in [-0.2, -0.15) is 0 Å². The number of hydrogen-bond donors (Lipinski definition) is 3. The van der Waals surface area contributed by atoms with E-state index in [4.69, 9.17) is 5.11 Å². The summed E-state index contributed by atoms with van der Waals surface area (Å²) in [4.78, 5) is 35.1. The second-order valence-corrected chi connectivity index (χ2v) is 3.86. The van der Waals surface area contributed by atoms with Gasteiger partial charge in [0.2, 0.25) is 11.8 Å². The molecule has 0 saturated carbocycles. The zero-order valence-electron chi connectivity index (χ0n) is 9.73. The van der Waals surface area contributed by atoms with Gasteiger partial charge in [0.05, 0.1) is 12.5 Å². The minimum absolute atomic E-state index is 0.120. The van der Waals surface area contributed by atoms with E-state index in [1.807, 2.05) is 0 Å². The van der Waals surface area contributed by atoms with Gasteiger partial charge in [0.25, 0.3) is 0 Å². The van der Waals surface area contributed by atoms with Crippen molar-refractivity contribution in [1.29, 1.82) is 0 Å². The molecule has 0 aromatic rings. The molecule has 1 saturated heterocycles. The first kappa shape index (κ1) is 13.4. The second-order valence-electron chi connectivity index (χ2n) is 3.86. The van der Waals surface area contributed by atoms with Crippen molar-refractivity contribution in [2.75, 3.05) is 26.7 Å². The fourth-order valence-corrected chi connectivity index (χ4v) is 1.79. The Balaban J connectivity index is 2.56. The molecule has 7 nitrogen and oxygen atoms in total. The van der Waals surface area contributed by atoms with Crippen molar-refractivity contribution in [3.8, 4) is 0 Å². The van der Waals surface area contributed by atoms with Crippen LogP contribution in [0, 0.1) is 0 Å². The summed E-state index contributed by atoms with van der Waals surface area (Å²) in [5.74, 6) is -1.42. The zero-order valence-corrected chi connectivity index (χ0v) is 9.73. The number of carbonyl (C=O) groups is 3. The molecule has 0 radical (unpaired) electrons. The zero-order chi connectivity index (χ0) is 12.8. The molecular formula is C10H17N3O4. The van der Waals surface area contributed by atoms with Gasteiger partial charge in [0.15, 0.2) is 0 Å². The van der Waals surface area contributed by atoms with Gasteiger partial charge in [-0.3, -0.25) is 19.3 Å². The Morgan fingerprint density at radius 3 is 2.88 bits per heavy atom. The van der Waals surface area contributed by atoms with Crippen molar-refractivity contribution in [1.82, 2.24) is 15.5 Å². The van der Waals surface area contributed by atoms with Crippen LogP contribution in [0.1, 0.15) is 12.8 Å². The minimum atomic E-state index is -1.02. The highest BCUT2D eigenvalue weighted by Crippen LogP contribution is 2.09. The topological polar surface area (TPSA) is 98.7 Å². The SMILES string of the molecule is CNC(=O)CCN1CCNC(=O)C1CC(=O)O. The van der Waals surface area contributed by atoms with E-state index >= 15 is 0 Å². The molecule has 1 rings (SSSR count). The standard InChI is InChI=1S/C10H17N3O4/c1-11-8(14)2-4-13-5-3-12-10(17)7(13)6-9(15)16/h7H,2-6H2,1H3,(H,11,14)(H,12,17)(H,15,16). The second kappa shape index (κ2) is 6.19. The third-order valence-corrected chi connectivity index (χ3v) is 2.71. The molecule has 17 heavy (non-hydrogen) atoms. The highest BCUT2D eigenvalue weighted by molar-refractivity contribution is 5.86. The Kier molecular flexibility index (Phi) is 4.89. The molecule has 0 spiro atoms. The monoisotopic (exact) mass is 243 g/mol. The normalized spacial score (nSPS) is 20.8. The van der Waals surface area contributed by atoms with Crippen LogP contribution in [0.3, 0.4) is 0 Å². The summed E-state index contributed by atoms with van der Waals surface area (Å²) in [6.07, 6.45) is 0.0273. The lowest BCUT2D eigenvalue weighted by Gasteiger charge is -2.33. The summed E-state index contributed by atoms with van der Waals surface area (Å²) >= 11 is 0. The molecule has 1 aliphatic heterocycles. The van der Waals surface area contributed by atoms with Crippen LogP contribution >= 0.6 is 0 Å². The molecule has 1 aliphatic rings. The summed E-state index contributed by atoms with van der Waals surface area (Å²) < 4.78 is 0. The molecule has 1 fully saturated rings. The summed E-state index contributed by atoms with van der Waals surface area (Å²) in [7, 11) is 1.54. The highest BCUT2D eigenvalue weighted by atomic mass is 16.4. The van der Waals surface area contributed by atoms with Gasteiger partial charge in [-0.1, -0.05) is 0 Å². The van der Waals surface area contributed by atoms with E-state index in [2.05, 4.69) is 10.6 Å². The number of rotatable bonds is 5. The van der Waals surface area contributed by atoms with Crippen molar-refractivity contribution in [3.63, 3.8) is 0 Å². The molecule has 0 aromatic carbocycles. The van der Waals surface area contributed by atoms with Crippen LogP contribution in [0.15, 0.2) is 0 Å². The van der Waals surface area contributed by atoms with Crippen LogP contribution in [0.5, 0.6) is 0 Å². The number of carboxylic acid groups (broad SMARTS) is 1. The summed E-state index contributed by atoms with van der Waals surface area (Å²) in [6, 6.07) is -0.675. The molecule has 2 amide bonds. The maximum atomic E-state index is 11.5. The van der Waals surface area contributed by atoms with E-state index in [0.717, 1.165) is 0 Å². The number of carboxylic acids is 1. The smallest absolute Gasteiger partial charge is 0.305 e. The molecule has 1 unspecified atom stereocenters. The van der Waals surface area contributed by atoms with E-state index in [0.29, 0.717) is 19.6 Å². The van der Waals surface area contributed by atoms with Gasteiger partial charge in [-0.05, 0) is 0 Å². The average Bonchev–Trinajstić information content (AvgIpc) is 2.29. The molecule has 0 aromatic heterocycles. The lowest BCUT2D eigenvalue weighted by Crippen LogP contribution is -2.56. The lowest BCUT2D eigenvalue weighted by molar-refractivity contribution is -0.143. The Morgan fingerprint density at radius 1 is 1.59 bits per heavy atom. The maximum Gasteiger partial charge on any atom is 0.305 e. The maximum absolute atomic E-state index is 11.5. The van der Waals surface area contributed by atoms with E-state index in [1.165, 1.54) is 0 Å². The first-order valence-corrected chi connectivity index (χ1v) is 5.48. The average molecular weight is 243 g/mol. The lowest BCUT2D eigenvalue weighted by atomic mass is 10.1. The third kappa shape index (κ3) is 4.03. The highest BCUT2D eigenvalue weighted by Gasteiger charge is 2.31. The van der Waals surface area contributed by atoms with E-state index < -0.39 is 12.0 Å². The van der Waals surface area contributed by atoms with E-state index in [-0.39, 0.29) is 24.7 Å².